The van der Waals surface area contributed by atoms with Crippen molar-refractivity contribution in [2.75, 3.05) is 13.1 Å². The molecule has 5 nitrogen and oxygen atoms in total. The van der Waals surface area contributed by atoms with Crippen molar-refractivity contribution in [3.63, 3.8) is 0 Å². The first-order valence-electron chi connectivity index (χ1n) is 7.87. The minimum absolute atomic E-state index is 0.0962. The van der Waals surface area contributed by atoms with Crippen LogP contribution in [0.15, 0.2) is 0 Å². The van der Waals surface area contributed by atoms with Crippen molar-refractivity contribution in [1.82, 2.24) is 10.2 Å². The summed E-state index contributed by atoms with van der Waals surface area (Å²) in [7, 11) is 0. The van der Waals surface area contributed by atoms with Crippen molar-refractivity contribution < 1.29 is 14.7 Å². The van der Waals surface area contributed by atoms with Crippen LogP contribution in [-0.2, 0) is 4.79 Å². The number of nitrogens with zero attached hydrogens (tertiary/aromatic N) is 1. The van der Waals surface area contributed by atoms with E-state index in [1.165, 1.54) is 12.8 Å². The summed E-state index contributed by atoms with van der Waals surface area (Å²) in [6, 6.07) is 0.202. The van der Waals surface area contributed by atoms with Crippen LogP contribution in [0.25, 0.3) is 0 Å². The Morgan fingerprint density at radius 2 is 2.05 bits per heavy atom. The number of rotatable bonds is 6. The molecule has 1 aliphatic rings. The van der Waals surface area contributed by atoms with Crippen molar-refractivity contribution in [3.8, 4) is 0 Å². The fourth-order valence-electron chi connectivity index (χ4n) is 2.84. The van der Waals surface area contributed by atoms with Gasteiger partial charge in [0.1, 0.15) is 0 Å². The second-order valence-corrected chi connectivity index (χ2v) is 5.61. The first-order chi connectivity index (χ1) is 9.60. The average Bonchev–Trinajstić information content (AvgIpc) is 2.67. The van der Waals surface area contributed by atoms with Crippen LogP contribution in [0.1, 0.15) is 58.8 Å². The van der Waals surface area contributed by atoms with E-state index in [0.717, 1.165) is 32.2 Å². The standard InChI is InChI=1S/C15H28N2O3/c1-3-8-12(14(18)19)11-16-15(20)17-10-7-5-6-9-13(17)4-2/h12-13H,3-11H2,1-2H3,(H,16,20)(H,18,19). The third kappa shape index (κ3) is 5.02. The molecule has 1 heterocycles. The first kappa shape index (κ1) is 16.8. The lowest BCUT2D eigenvalue weighted by molar-refractivity contribution is -0.141. The summed E-state index contributed by atoms with van der Waals surface area (Å²) in [6.07, 6.45) is 6.83. The van der Waals surface area contributed by atoms with Crippen LogP contribution >= 0.6 is 0 Å². The van der Waals surface area contributed by atoms with Gasteiger partial charge in [-0.25, -0.2) is 4.79 Å². The summed E-state index contributed by atoms with van der Waals surface area (Å²) in [5.74, 6) is -1.30. The molecule has 0 radical (unpaired) electrons. The fraction of sp³-hybridized carbons (Fsp3) is 0.867. The van der Waals surface area contributed by atoms with Gasteiger partial charge in [-0.2, -0.15) is 0 Å². The van der Waals surface area contributed by atoms with Gasteiger partial charge >= 0.3 is 12.0 Å². The second-order valence-electron chi connectivity index (χ2n) is 5.61. The highest BCUT2D eigenvalue weighted by atomic mass is 16.4. The van der Waals surface area contributed by atoms with Crippen LogP contribution < -0.4 is 5.32 Å². The number of amides is 2. The monoisotopic (exact) mass is 284 g/mol. The smallest absolute Gasteiger partial charge is 0.317 e. The highest BCUT2D eigenvalue weighted by Crippen LogP contribution is 2.19. The minimum atomic E-state index is -0.824. The number of hydrogen-bond acceptors (Lipinski definition) is 2. The Labute approximate surface area is 121 Å². The van der Waals surface area contributed by atoms with Crippen molar-refractivity contribution in [2.45, 2.75) is 64.8 Å². The molecule has 0 saturated carbocycles. The Kier molecular flexibility index (Phi) is 7.41. The number of carboxylic acids is 1. The van der Waals surface area contributed by atoms with E-state index in [-0.39, 0.29) is 12.6 Å². The van der Waals surface area contributed by atoms with E-state index in [1.807, 2.05) is 11.8 Å². The molecule has 0 aromatic rings. The van der Waals surface area contributed by atoms with Gasteiger partial charge in [0.15, 0.2) is 0 Å². The number of urea groups is 1. The third-order valence-electron chi connectivity index (χ3n) is 4.10. The molecule has 1 saturated heterocycles. The Bertz CT molecular complexity index is 320. The minimum Gasteiger partial charge on any atom is -0.481 e. The zero-order valence-corrected chi connectivity index (χ0v) is 12.7. The van der Waals surface area contributed by atoms with E-state index >= 15 is 0 Å². The normalized spacial score (nSPS) is 21.1. The highest BCUT2D eigenvalue weighted by Gasteiger charge is 2.25. The van der Waals surface area contributed by atoms with Crippen molar-refractivity contribution >= 4 is 12.0 Å². The van der Waals surface area contributed by atoms with E-state index < -0.39 is 11.9 Å². The molecular weight excluding hydrogens is 256 g/mol. The lowest BCUT2D eigenvalue weighted by atomic mass is 10.0. The van der Waals surface area contributed by atoms with E-state index in [2.05, 4.69) is 12.2 Å². The van der Waals surface area contributed by atoms with Crippen LogP contribution in [0.4, 0.5) is 4.79 Å². The van der Waals surface area contributed by atoms with Gasteiger partial charge in [-0.3, -0.25) is 4.79 Å². The van der Waals surface area contributed by atoms with Crippen LogP contribution in [0, 0.1) is 5.92 Å². The van der Waals surface area contributed by atoms with E-state index in [4.69, 9.17) is 5.11 Å². The summed E-state index contributed by atoms with van der Waals surface area (Å²) in [5, 5.41) is 11.9. The molecule has 0 bridgehead atoms. The lowest BCUT2D eigenvalue weighted by Crippen LogP contribution is -2.47. The summed E-state index contributed by atoms with van der Waals surface area (Å²) in [4.78, 5) is 25.3. The van der Waals surface area contributed by atoms with Crippen LogP contribution in [0.2, 0.25) is 0 Å². The van der Waals surface area contributed by atoms with Gasteiger partial charge < -0.3 is 15.3 Å². The largest absolute Gasteiger partial charge is 0.481 e. The number of likely N-dealkylation sites (tertiary alicyclic amines) is 1. The van der Waals surface area contributed by atoms with Gasteiger partial charge in [0.2, 0.25) is 0 Å². The molecule has 116 valence electrons. The number of carboxylic acid groups (broad SMARTS) is 1. The number of hydrogen-bond donors (Lipinski definition) is 2. The topological polar surface area (TPSA) is 69.6 Å². The number of carbonyl (C=O) groups is 2. The van der Waals surface area contributed by atoms with E-state index in [1.54, 1.807) is 0 Å². The average molecular weight is 284 g/mol. The Morgan fingerprint density at radius 3 is 2.65 bits per heavy atom. The zero-order valence-electron chi connectivity index (χ0n) is 12.7. The molecule has 2 amide bonds. The summed E-state index contributed by atoms with van der Waals surface area (Å²) >= 11 is 0. The third-order valence-corrected chi connectivity index (χ3v) is 4.10. The van der Waals surface area contributed by atoms with Crippen molar-refractivity contribution in [2.24, 2.45) is 5.92 Å². The van der Waals surface area contributed by atoms with Gasteiger partial charge in [0.05, 0.1) is 5.92 Å². The van der Waals surface area contributed by atoms with E-state index in [9.17, 15) is 9.59 Å². The maximum Gasteiger partial charge on any atom is 0.317 e. The number of aliphatic carboxylic acids is 1. The quantitative estimate of drug-likeness (QED) is 0.788. The van der Waals surface area contributed by atoms with Gasteiger partial charge in [-0.05, 0) is 25.7 Å². The molecule has 0 aliphatic carbocycles. The molecule has 1 aliphatic heterocycles. The molecule has 20 heavy (non-hydrogen) atoms. The van der Waals surface area contributed by atoms with Crippen molar-refractivity contribution in [1.29, 1.82) is 0 Å². The molecule has 1 fully saturated rings. The van der Waals surface area contributed by atoms with Crippen LogP contribution in [0.5, 0.6) is 0 Å². The molecular formula is C15H28N2O3. The molecule has 1 rings (SSSR count). The molecule has 2 atom stereocenters. The summed E-state index contributed by atoms with van der Waals surface area (Å²) in [5.41, 5.74) is 0. The Hall–Kier alpha value is -1.26. The zero-order chi connectivity index (χ0) is 15.0. The molecule has 2 N–H and O–H groups in total. The summed E-state index contributed by atoms with van der Waals surface area (Å²) in [6.45, 7) is 5.08. The molecule has 2 unspecified atom stereocenters. The lowest BCUT2D eigenvalue weighted by Gasteiger charge is -2.29. The SMILES string of the molecule is CCCC(CNC(=O)N1CCCCCC1CC)C(=O)O. The van der Waals surface area contributed by atoms with Gasteiger partial charge in [0, 0.05) is 19.1 Å². The predicted molar refractivity (Wildman–Crippen MR) is 78.7 cm³/mol. The molecule has 0 aromatic heterocycles. The van der Waals surface area contributed by atoms with Gasteiger partial charge in [-0.15, -0.1) is 0 Å². The number of nitrogens with one attached hydrogen (secondary N) is 1. The van der Waals surface area contributed by atoms with Crippen LogP contribution in [-0.4, -0.2) is 41.1 Å². The molecule has 0 aromatic carbocycles. The fourth-order valence-corrected chi connectivity index (χ4v) is 2.84. The second kappa shape index (κ2) is 8.82. The maximum atomic E-state index is 12.3. The highest BCUT2D eigenvalue weighted by molar-refractivity contribution is 5.76. The molecule has 5 heteroatoms. The van der Waals surface area contributed by atoms with E-state index in [0.29, 0.717) is 12.5 Å². The van der Waals surface area contributed by atoms with Crippen LogP contribution in [0.3, 0.4) is 0 Å². The first-order valence-corrected chi connectivity index (χ1v) is 7.87. The predicted octanol–water partition coefficient (Wildman–Crippen LogP) is 2.85. The Morgan fingerprint density at radius 1 is 1.30 bits per heavy atom. The van der Waals surface area contributed by atoms with Gasteiger partial charge in [0.25, 0.3) is 0 Å². The molecule has 0 spiro atoms. The maximum absolute atomic E-state index is 12.3. The number of carbonyl (C=O) groups excluding carboxylic acids is 1. The van der Waals surface area contributed by atoms with Crippen molar-refractivity contribution in [3.05, 3.63) is 0 Å². The van der Waals surface area contributed by atoms with Gasteiger partial charge in [-0.1, -0.05) is 33.1 Å². The summed E-state index contributed by atoms with van der Waals surface area (Å²) < 4.78 is 0. The Balaban J connectivity index is 2.52.